The SMILES string of the molecule is O=C(O)CCN1CCCC(N2CCc3cncc4cccc2c34)C1. The van der Waals surface area contributed by atoms with E-state index in [1.54, 1.807) is 0 Å². The first kappa shape index (κ1) is 15.4. The van der Waals surface area contributed by atoms with Gasteiger partial charge in [-0.1, -0.05) is 12.1 Å². The summed E-state index contributed by atoms with van der Waals surface area (Å²) < 4.78 is 0. The molecule has 5 nitrogen and oxygen atoms in total. The molecule has 1 aromatic carbocycles. The molecule has 0 saturated carbocycles. The van der Waals surface area contributed by atoms with E-state index in [-0.39, 0.29) is 6.42 Å². The van der Waals surface area contributed by atoms with Gasteiger partial charge in [0.2, 0.25) is 0 Å². The summed E-state index contributed by atoms with van der Waals surface area (Å²) in [7, 11) is 0. The van der Waals surface area contributed by atoms with Gasteiger partial charge in [0.05, 0.1) is 6.42 Å². The van der Waals surface area contributed by atoms with Gasteiger partial charge in [-0.25, -0.2) is 0 Å². The molecule has 4 rings (SSSR count). The first-order chi connectivity index (χ1) is 11.7. The topological polar surface area (TPSA) is 56.7 Å². The molecule has 0 radical (unpaired) electrons. The minimum atomic E-state index is -0.707. The summed E-state index contributed by atoms with van der Waals surface area (Å²) in [6, 6.07) is 6.95. The van der Waals surface area contributed by atoms with E-state index < -0.39 is 5.97 Å². The lowest BCUT2D eigenvalue weighted by Crippen LogP contribution is -2.50. The van der Waals surface area contributed by atoms with Crippen molar-refractivity contribution in [3.63, 3.8) is 0 Å². The van der Waals surface area contributed by atoms with E-state index in [9.17, 15) is 4.79 Å². The molecule has 5 heteroatoms. The van der Waals surface area contributed by atoms with Crippen LogP contribution in [0, 0.1) is 0 Å². The van der Waals surface area contributed by atoms with E-state index in [2.05, 4.69) is 33.0 Å². The second-order valence-electron chi connectivity index (χ2n) is 6.86. The van der Waals surface area contributed by atoms with Crippen LogP contribution in [0.1, 0.15) is 24.8 Å². The Bertz CT molecular complexity index is 756. The van der Waals surface area contributed by atoms with Crippen molar-refractivity contribution in [1.29, 1.82) is 0 Å². The van der Waals surface area contributed by atoms with E-state index >= 15 is 0 Å². The molecule has 0 amide bonds. The predicted octanol–water partition coefficient (Wildman–Crippen LogP) is 2.54. The van der Waals surface area contributed by atoms with E-state index in [4.69, 9.17) is 5.11 Å². The van der Waals surface area contributed by atoms with Gasteiger partial charge in [-0.15, -0.1) is 0 Å². The fourth-order valence-corrected chi connectivity index (χ4v) is 4.20. The molecular formula is C19H23N3O2. The maximum absolute atomic E-state index is 10.8. The van der Waals surface area contributed by atoms with Gasteiger partial charge in [-0.05, 0) is 37.4 Å². The van der Waals surface area contributed by atoms with Crippen LogP contribution in [-0.4, -0.2) is 53.2 Å². The van der Waals surface area contributed by atoms with Gasteiger partial charge in [0.25, 0.3) is 0 Å². The highest BCUT2D eigenvalue weighted by Gasteiger charge is 2.29. The largest absolute Gasteiger partial charge is 0.481 e. The van der Waals surface area contributed by atoms with Crippen LogP contribution in [0.4, 0.5) is 5.69 Å². The number of hydrogen-bond acceptors (Lipinski definition) is 4. The summed E-state index contributed by atoms with van der Waals surface area (Å²) >= 11 is 0. The monoisotopic (exact) mass is 325 g/mol. The third-order valence-corrected chi connectivity index (χ3v) is 5.33. The Labute approximate surface area is 141 Å². The third kappa shape index (κ3) is 2.84. The van der Waals surface area contributed by atoms with Crippen LogP contribution in [0.25, 0.3) is 10.8 Å². The Morgan fingerprint density at radius 2 is 2.21 bits per heavy atom. The molecule has 1 saturated heterocycles. The second-order valence-corrected chi connectivity index (χ2v) is 6.86. The molecule has 1 atom stereocenters. The molecule has 126 valence electrons. The van der Waals surface area contributed by atoms with Crippen molar-refractivity contribution in [2.24, 2.45) is 0 Å². The highest BCUT2D eigenvalue weighted by Crippen LogP contribution is 2.36. The number of carboxylic acids is 1. The molecule has 0 spiro atoms. The molecule has 1 fully saturated rings. The summed E-state index contributed by atoms with van der Waals surface area (Å²) in [5.74, 6) is -0.707. The number of hydrogen-bond donors (Lipinski definition) is 1. The third-order valence-electron chi connectivity index (χ3n) is 5.33. The molecule has 2 aromatic rings. The summed E-state index contributed by atoms with van der Waals surface area (Å²) in [5, 5.41) is 11.5. The quantitative estimate of drug-likeness (QED) is 0.936. The van der Waals surface area contributed by atoms with Crippen molar-refractivity contribution in [3.8, 4) is 0 Å². The Kier molecular flexibility index (Phi) is 4.10. The zero-order chi connectivity index (χ0) is 16.5. The number of aromatic nitrogens is 1. The molecule has 2 aliphatic heterocycles. The van der Waals surface area contributed by atoms with Crippen LogP contribution in [0.5, 0.6) is 0 Å². The second kappa shape index (κ2) is 6.40. The van der Waals surface area contributed by atoms with Crippen molar-refractivity contribution in [1.82, 2.24) is 9.88 Å². The van der Waals surface area contributed by atoms with Crippen LogP contribution in [0.2, 0.25) is 0 Å². The molecule has 0 bridgehead atoms. The van der Waals surface area contributed by atoms with Crippen molar-refractivity contribution in [2.75, 3.05) is 31.1 Å². The smallest absolute Gasteiger partial charge is 0.304 e. The van der Waals surface area contributed by atoms with Gasteiger partial charge in [-0.2, -0.15) is 0 Å². The van der Waals surface area contributed by atoms with Crippen LogP contribution >= 0.6 is 0 Å². The first-order valence-corrected chi connectivity index (χ1v) is 8.79. The molecule has 1 aromatic heterocycles. The minimum absolute atomic E-state index is 0.233. The van der Waals surface area contributed by atoms with E-state index in [0.29, 0.717) is 12.6 Å². The standard InChI is InChI=1S/C19H23N3O2/c23-18(24)7-9-21-8-2-4-16(13-21)22-10-6-15-12-20-11-14-3-1-5-17(22)19(14)15/h1,3,5,11-12,16H,2,4,6-10,13H2,(H,23,24). The van der Waals surface area contributed by atoms with Gasteiger partial charge in [0.15, 0.2) is 0 Å². The number of nitrogens with zero attached hydrogens (tertiary/aromatic N) is 3. The summed E-state index contributed by atoms with van der Waals surface area (Å²) in [4.78, 5) is 20.1. The molecular weight excluding hydrogens is 302 g/mol. The lowest BCUT2D eigenvalue weighted by molar-refractivity contribution is -0.137. The highest BCUT2D eigenvalue weighted by molar-refractivity contribution is 5.97. The van der Waals surface area contributed by atoms with Gasteiger partial charge < -0.3 is 14.9 Å². The lowest BCUT2D eigenvalue weighted by atomic mass is 9.95. The Morgan fingerprint density at radius 3 is 3.08 bits per heavy atom. The summed E-state index contributed by atoms with van der Waals surface area (Å²) in [5.41, 5.74) is 2.67. The number of anilines is 1. The number of aliphatic carboxylic acids is 1. The predicted molar refractivity (Wildman–Crippen MR) is 94.5 cm³/mol. The van der Waals surface area contributed by atoms with E-state index in [0.717, 1.165) is 32.5 Å². The normalized spacial score (nSPS) is 21.2. The van der Waals surface area contributed by atoms with Crippen LogP contribution in [-0.2, 0) is 11.2 Å². The molecule has 3 heterocycles. The molecule has 2 aliphatic rings. The fourth-order valence-electron chi connectivity index (χ4n) is 4.20. The van der Waals surface area contributed by atoms with E-state index in [1.807, 2.05) is 12.4 Å². The summed E-state index contributed by atoms with van der Waals surface area (Å²) in [6.07, 6.45) is 7.54. The number of carbonyl (C=O) groups is 1. The zero-order valence-electron chi connectivity index (χ0n) is 13.8. The Balaban J connectivity index is 1.59. The number of rotatable bonds is 4. The maximum atomic E-state index is 10.8. The Hall–Kier alpha value is -2.14. The molecule has 0 aliphatic carbocycles. The zero-order valence-corrected chi connectivity index (χ0v) is 13.8. The van der Waals surface area contributed by atoms with E-state index in [1.165, 1.54) is 28.4 Å². The van der Waals surface area contributed by atoms with Crippen LogP contribution < -0.4 is 4.90 Å². The van der Waals surface area contributed by atoms with Crippen molar-refractivity contribution >= 4 is 22.4 Å². The fraction of sp³-hybridized carbons (Fsp3) is 0.474. The number of likely N-dealkylation sites (tertiary alicyclic amines) is 1. The number of piperidine rings is 1. The summed E-state index contributed by atoms with van der Waals surface area (Å²) in [6.45, 7) is 3.66. The molecule has 1 unspecified atom stereocenters. The van der Waals surface area contributed by atoms with Crippen LogP contribution in [0.15, 0.2) is 30.6 Å². The van der Waals surface area contributed by atoms with Crippen LogP contribution in [0.3, 0.4) is 0 Å². The highest BCUT2D eigenvalue weighted by atomic mass is 16.4. The number of carboxylic acid groups (broad SMARTS) is 1. The minimum Gasteiger partial charge on any atom is -0.481 e. The molecule has 24 heavy (non-hydrogen) atoms. The van der Waals surface area contributed by atoms with Crippen molar-refractivity contribution < 1.29 is 9.90 Å². The average molecular weight is 325 g/mol. The van der Waals surface area contributed by atoms with Gasteiger partial charge in [0, 0.05) is 54.5 Å². The van der Waals surface area contributed by atoms with Crippen molar-refractivity contribution in [2.45, 2.75) is 31.7 Å². The first-order valence-electron chi connectivity index (χ1n) is 8.79. The van der Waals surface area contributed by atoms with Gasteiger partial charge in [-0.3, -0.25) is 9.78 Å². The molecule has 1 N–H and O–H groups in total. The van der Waals surface area contributed by atoms with Gasteiger partial charge in [0.1, 0.15) is 0 Å². The number of pyridine rings is 1. The van der Waals surface area contributed by atoms with Crippen molar-refractivity contribution in [3.05, 3.63) is 36.2 Å². The van der Waals surface area contributed by atoms with Gasteiger partial charge >= 0.3 is 5.97 Å². The average Bonchev–Trinajstić information content (AvgIpc) is 2.61. The lowest BCUT2D eigenvalue weighted by Gasteiger charge is -2.42. The Morgan fingerprint density at radius 1 is 1.29 bits per heavy atom. The maximum Gasteiger partial charge on any atom is 0.304 e. The number of benzene rings is 1.